The number of nitrogens with zero attached hydrogens (tertiary/aromatic N) is 3. The molecule has 0 saturated heterocycles. The van der Waals surface area contributed by atoms with E-state index in [0.29, 0.717) is 12.2 Å². The van der Waals surface area contributed by atoms with E-state index in [9.17, 15) is 9.59 Å². The summed E-state index contributed by atoms with van der Waals surface area (Å²) in [6.07, 6.45) is 3.02. The molecule has 1 aromatic heterocycles. The number of carbonyl (C=O) groups excluding carboxylic acids is 2. The Morgan fingerprint density at radius 1 is 1.59 bits per heavy atom. The van der Waals surface area contributed by atoms with Crippen LogP contribution < -0.4 is 11.1 Å². The average Bonchev–Trinajstić information content (AvgIpc) is 2.70. The predicted octanol–water partition coefficient (Wildman–Crippen LogP) is -0.940. The van der Waals surface area contributed by atoms with E-state index in [2.05, 4.69) is 10.4 Å². The number of amides is 2. The van der Waals surface area contributed by atoms with Crippen LogP contribution in [0.1, 0.15) is 6.92 Å². The summed E-state index contributed by atoms with van der Waals surface area (Å²) in [6.45, 7) is 2.54. The zero-order valence-electron chi connectivity index (χ0n) is 10.0. The molecule has 0 saturated carbocycles. The zero-order chi connectivity index (χ0) is 12.8. The van der Waals surface area contributed by atoms with Crippen molar-refractivity contribution >= 4 is 17.5 Å². The van der Waals surface area contributed by atoms with Gasteiger partial charge in [0, 0.05) is 19.8 Å². The van der Waals surface area contributed by atoms with Crippen molar-refractivity contribution in [2.24, 2.45) is 0 Å². The maximum atomic E-state index is 11.5. The first-order chi connectivity index (χ1) is 8.02. The molecule has 0 atom stereocenters. The SMILES string of the molecule is CCN(C)C(=O)CNC(=O)Cn1cc(N)cn1. The Morgan fingerprint density at radius 3 is 2.82 bits per heavy atom. The summed E-state index contributed by atoms with van der Waals surface area (Å²) in [7, 11) is 1.68. The Kier molecular flexibility index (Phi) is 4.50. The third-order valence-electron chi connectivity index (χ3n) is 2.30. The number of nitrogens with one attached hydrogen (secondary N) is 1. The van der Waals surface area contributed by atoms with Crippen LogP contribution in [-0.4, -0.2) is 46.6 Å². The van der Waals surface area contributed by atoms with Crippen LogP contribution in [-0.2, 0) is 16.1 Å². The molecule has 0 aromatic carbocycles. The summed E-state index contributed by atoms with van der Waals surface area (Å²) in [5.41, 5.74) is 5.96. The van der Waals surface area contributed by atoms with Crippen LogP contribution in [0.5, 0.6) is 0 Å². The normalized spacial score (nSPS) is 10.0. The summed E-state index contributed by atoms with van der Waals surface area (Å²) < 4.78 is 1.42. The van der Waals surface area contributed by atoms with Gasteiger partial charge in [-0.3, -0.25) is 14.3 Å². The van der Waals surface area contributed by atoms with Crippen LogP contribution in [0, 0.1) is 0 Å². The molecule has 1 aromatic rings. The van der Waals surface area contributed by atoms with Crippen molar-refractivity contribution < 1.29 is 9.59 Å². The molecule has 3 N–H and O–H groups in total. The summed E-state index contributed by atoms with van der Waals surface area (Å²) in [5, 5.41) is 6.39. The van der Waals surface area contributed by atoms with Crippen LogP contribution in [0.3, 0.4) is 0 Å². The van der Waals surface area contributed by atoms with Gasteiger partial charge in [-0.2, -0.15) is 5.10 Å². The molecular weight excluding hydrogens is 222 g/mol. The van der Waals surface area contributed by atoms with E-state index in [1.165, 1.54) is 15.8 Å². The van der Waals surface area contributed by atoms with Crippen molar-refractivity contribution in [3.05, 3.63) is 12.4 Å². The minimum Gasteiger partial charge on any atom is -0.396 e. The van der Waals surface area contributed by atoms with Crippen molar-refractivity contribution in [3.63, 3.8) is 0 Å². The highest BCUT2D eigenvalue weighted by Gasteiger charge is 2.09. The van der Waals surface area contributed by atoms with E-state index in [0.717, 1.165) is 0 Å². The summed E-state index contributed by atoms with van der Waals surface area (Å²) in [6, 6.07) is 0. The summed E-state index contributed by atoms with van der Waals surface area (Å²) >= 11 is 0. The van der Waals surface area contributed by atoms with Crippen LogP contribution >= 0.6 is 0 Å². The van der Waals surface area contributed by atoms with Gasteiger partial charge in [0.15, 0.2) is 0 Å². The van der Waals surface area contributed by atoms with Gasteiger partial charge in [0.05, 0.1) is 18.4 Å². The number of carbonyl (C=O) groups is 2. The topological polar surface area (TPSA) is 93.2 Å². The second kappa shape index (κ2) is 5.88. The fraction of sp³-hybridized carbons (Fsp3) is 0.500. The zero-order valence-corrected chi connectivity index (χ0v) is 10.0. The maximum absolute atomic E-state index is 11.5. The monoisotopic (exact) mass is 239 g/mol. The van der Waals surface area contributed by atoms with Crippen molar-refractivity contribution in [2.75, 3.05) is 25.9 Å². The molecule has 0 aliphatic heterocycles. The van der Waals surface area contributed by atoms with E-state index in [4.69, 9.17) is 5.73 Å². The van der Waals surface area contributed by atoms with Crippen LogP contribution in [0.15, 0.2) is 12.4 Å². The summed E-state index contributed by atoms with van der Waals surface area (Å²) in [4.78, 5) is 24.4. The van der Waals surface area contributed by atoms with Gasteiger partial charge >= 0.3 is 0 Å². The largest absolute Gasteiger partial charge is 0.396 e. The van der Waals surface area contributed by atoms with Gasteiger partial charge in [-0.1, -0.05) is 0 Å². The van der Waals surface area contributed by atoms with Gasteiger partial charge < -0.3 is 16.0 Å². The third kappa shape index (κ3) is 4.13. The first-order valence-corrected chi connectivity index (χ1v) is 5.31. The Morgan fingerprint density at radius 2 is 2.29 bits per heavy atom. The second-order valence-electron chi connectivity index (χ2n) is 3.66. The maximum Gasteiger partial charge on any atom is 0.242 e. The molecule has 7 heteroatoms. The van der Waals surface area contributed by atoms with Gasteiger partial charge in [0.1, 0.15) is 6.54 Å². The fourth-order valence-corrected chi connectivity index (χ4v) is 1.15. The quantitative estimate of drug-likeness (QED) is 0.693. The van der Waals surface area contributed by atoms with Gasteiger partial charge in [-0.15, -0.1) is 0 Å². The molecule has 94 valence electrons. The molecule has 17 heavy (non-hydrogen) atoms. The molecule has 2 amide bonds. The van der Waals surface area contributed by atoms with Crippen molar-refractivity contribution in [3.8, 4) is 0 Å². The summed E-state index contributed by atoms with van der Waals surface area (Å²) in [5.74, 6) is -0.396. The fourth-order valence-electron chi connectivity index (χ4n) is 1.15. The van der Waals surface area contributed by atoms with Gasteiger partial charge in [0.25, 0.3) is 0 Å². The Bertz CT molecular complexity index is 401. The third-order valence-corrected chi connectivity index (χ3v) is 2.30. The smallest absolute Gasteiger partial charge is 0.242 e. The van der Waals surface area contributed by atoms with Crippen molar-refractivity contribution in [2.45, 2.75) is 13.5 Å². The molecule has 0 spiro atoms. The number of anilines is 1. The molecule has 1 rings (SSSR count). The second-order valence-corrected chi connectivity index (χ2v) is 3.66. The van der Waals surface area contributed by atoms with Gasteiger partial charge in [-0.25, -0.2) is 0 Å². The highest BCUT2D eigenvalue weighted by atomic mass is 16.2. The highest BCUT2D eigenvalue weighted by molar-refractivity contribution is 5.84. The Balaban J connectivity index is 2.33. The molecule has 0 radical (unpaired) electrons. The number of likely N-dealkylation sites (N-methyl/N-ethyl adjacent to an activating group) is 1. The average molecular weight is 239 g/mol. The molecule has 1 heterocycles. The lowest BCUT2D eigenvalue weighted by Gasteiger charge is -2.14. The van der Waals surface area contributed by atoms with Crippen LogP contribution in [0.2, 0.25) is 0 Å². The highest BCUT2D eigenvalue weighted by Crippen LogP contribution is 1.96. The molecule has 0 aliphatic carbocycles. The Labute approximate surface area is 99.6 Å². The number of aromatic nitrogens is 2. The lowest BCUT2D eigenvalue weighted by Crippen LogP contribution is -2.39. The first kappa shape index (κ1) is 13.0. The lowest BCUT2D eigenvalue weighted by molar-refractivity contribution is -0.131. The van der Waals surface area contributed by atoms with E-state index in [1.807, 2.05) is 6.92 Å². The number of hydrogen-bond acceptors (Lipinski definition) is 4. The van der Waals surface area contributed by atoms with E-state index in [-0.39, 0.29) is 24.9 Å². The van der Waals surface area contributed by atoms with Crippen LogP contribution in [0.25, 0.3) is 0 Å². The lowest BCUT2D eigenvalue weighted by atomic mass is 10.4. The van der Waals surface area contributed by atoms with Crippen molar-refractivity contribution in [1.29, 1.82) is 0 Å². The molecule has 7 nitrogen and oxygen atoms in total. The van der Waals surface area contributed by atoms with Gasteiger partial charge in [0.2, 0.25) is 11.8 Å². The van der Waals surface area contributed by atoms with Crippen molar-refractivity contribution in [1.82, 2.24) is 20.0 Å². The number of rotatable bonds is 5. The number of nitrogen functional groups attached to an aromatic ring is 1. The predicted molar refractivity (Wildman–Crippen MR) is 63.0 cm³/mol. The molecule has 0 fully saturated rings. The molecule has 0 bridgehead atoms. The van der Waals surface area contributed by atoms with E-state index >= 15 is 0 Å². The van der Waals surface area contributed by atoms with Crippen LogP contribution in [0.4, 0.5) is 5.69 Å². The molecule has 0 unspecified atom stereocenters. The molecular formula is C10H17N5O2. The first-order valence-electron chi connectivity index (χ1n) is 5.31. The molecule has 0 aliphatic rings. The minimum atomic E-state index is -0.272. The van der Waals surface area contributed by atoms with E-state index < -0.39 is 0 Å². The van der Waals surface area contributed by atoms with E-state index in [1.54, 1.807) is 13.2 Å². The number of hydrogen-bond donors (Lipinski definition) is 2. The minimum absolute atomic E-state index is 0.0000753. The number of nitrogens with two attached hydrogens (primary N) is 1. The standard InChI is InChI=1S/C10H17N5O2/c1-3-14(2)10(17)5-12-9(16)7-15-6-8(11)4-13-15/h4,6H,3,5,7,11H2,1-2H3,(H,12,16). The Hall–Kier alpha value is -2.05. The van der Waals surface area contributed by atoms with Gasteiger partial charge in [-0.05, 0) is 6.92 Å².